The second kappa shape index (κ2) is 11.0. The molecule has 0 fully saturated rings. The maximum Gasteiger partial charge on any atom is 0.242 e. The van der Waals surface area contributed by atoms with Crippen molar-refractivity contribution in [3.8, 4) is 11.5 Å². The quantitative estimate of drug-likeness (QED) is 0.632. The van der Waals surface area contributed by atoms with Crippen LogP contribution in [0.1, 0.15) is 50.8 Å². The first-order valence-corrected chi connectivity index (χ1v) is 10.9. The van der Waals surface area contributed by atoms with Crippen molar-refractivity contribution in [2.75, 3.05) is 14.2 Å². The highest BCUT2D eigenvalue weighted by Gasteiger charge is 2.28. The lowest BCUT2D eigenvalue weighted by Crippen LogP contribution is -2.52. The molecule has 6 heteroatoms. The second-order valence-electron chi connectivity index (χ2n) is 9.05. The van der Waals surface area contributed by atoms with Crippen LogP contribution in [0.15, 0.2) is 42.5 Å². The van der Waals surface area contributed by atoms with E-state index < -0.39 is 6.04 Å². The lowest BCUT2D eigenvalue weighted by molar-refractivity contribution is -0.141. The fraction of sp³-hybridized carbons (Fsp3) is 0.462. The molecule has 0 aliphatic carbocycles. The summed E-state index contributed by atoms with van der Waals surface area (Å²) < 4.78 is 10.7. The molecule has 0 saturated heterocycles. The van der Waals surface area contributed by atoms with Gasteiger partial charge in [0.05, 0.1) is 14.2 Å². The Kier molecular flexibility index (Phi) is 8.70. The molecule has 0 heterocycles. The molecule has 0 bridgehead atoms. The van der Waals surface area contributed by atoms with E-state index in [0.717, 1.165) is 16.7 Å². The summed E-state index contributed by atoms with van der Waals surface area (Å²) in [5.41, 5.74) is 2.72. The van der Waals surface area contributed by atoms with E-state index in [2.05, 4.69) is 5.32 Å². The van der Waals surface area contributed by atoms with Gasteiger partial charge in [0.25, 0.3) is 0 Å². The summed E-state index contributed by atoms with van der Waals surface area (Å²) in [6, 6.07) is 13.0. The van der Waals surface area contributed by atoms with Gasteiger partial charge in [-0.3, -0.25) is 9.59 Å². The maximum atomic E-state index is 13.3. The van der Waals surface area contributed by atoms with Crippen molar-refractivity contribution in [1.82, 2.24) is 10.2 Å². The van der Waals surface area contributed by atoms with Crippen molar-refractivity contribution in [2.24, 2.45) is 0 Å². The van der Waals surface area contributed by atoms with Crippen LogP contribution in [0.2, 0.25) is 0 Å². The lowest BCUT2D eigenvalue weighted by Gasteiger charge is -2.32. The fourth-order valence-electron chi connectivity index (χ4n) is 3.46. The Balaban J connectivity index is 2.21. The summed E-state index contributed by atoms with van der Waals surface area (Å²) >= 11 is 0. The Labute approximate surface area is 191 Å². The number of rotatable bonds is 9. The van der Waals surface area contributed by atoms with Crippen LogP contribution in [0.4, 0.5) is 0 Å². The van der Waals surface area contributed by atoms with Gasteiger partial charge >= 0.3 is 0 Å². The largest absolute Gasteiger partial charge is 0.493 e. The molecule has 0 aliphatic rings. The third-order valence-electron chi connectivity index (χ3n) is 5.34. The Morgan fingerprint density at radius 3 is 2.28 bits per heavy atom. The monoisotopic (exact) mass is 440 g/mol. The van der Waals surface area contributed by atoms with Crippen LogP contribution in [0.25, 0.3) is 0 Å². The molecule has 0 aliphatic heterocycles. The molecule has 6 nitrogen and oxygen atoms in total. The average molecular weight is 441 g/mol. The zero-order valence-electron chi connectivity index (χ0n) is 20.3. The molecule has 1 N–H and O–H groups in total. The number of nitrogens with zero attached hydrogens (tertiary/aromatic N) is 1. The highest BCUT2D eigenvalue weighted by Crippen LogP contribution is 2.28. The van der Waals surface area contributed by atoms with Crippen LogP contribution in [-0.4, -0.2) is 42.5 Å². The van der Waals surface area contributed by atoms with E-state index in [-0.39, 0.29) is 23.8 Å². The predicted octanol–water partition coefficient (Wildman–Crippen LogP) is 4.28. The molecule has 0 radical (unpaired) electrons. The first-order valence-electron chi connectivity index (χ1n) is 10.9. The van der Waals surface area contributed by atoms with Crippen molar-refractivity contribution in [3.05, 3.63) is 59.2 Å². The van der Waals surface area contributed by atoms with Gasteiger partial charge in [0.15, 0.2) is 11.5 Å². The van der Waals surface area contributed by atoms with Crippen molar-refractivity contribution in [1.29, 1.82) is 0 Å². The molecule has 0 aromatic heterocycles. The zero-order valence-corrected chi connectivity index (χ0v) is 20.3. The molecule has 0 unspecified atom stereocenters. The topological polar surface area (TPSA) is 67.9 Å². The smallest absolute Gasteiger partial charge is 0.242 e. The number of nitrogens with one attached hydrogen (secondary N) is 1. The molecule has 2 amide bonds. The minimum atomic E-state index is -0.591. The van der Waals surface area contributed by atoms with E-state index in [1.807, 2.05) is 70.2 Å². The number of amides is 2. The van der Waals surface area contributed by atoms with Crippen LogP contribution < -0.4 is 14.8 Å². The summed E-state index contributed by atoms with van der Waals surface area (Å²) in [7, 11) is 3.18. The van der Waals surface area contributed by atoms with E-state index >= 15 is 0 Å². The van der Waals surface area contributed by atoms with Gasteiger partial charge in [0, 0.05) is 18.5 Å². The Morgan fingerprint density at radius 1 is 1.03 bits per heavy atom. The highest BCUT2D eigenvalue weighted by atomic mass is 16.5. The summed E-state index contributed by atoms with van der Waals surface area (Å²) in [4.78, 5) is 27.9. The minimum absolute atomic E-state index is 0.0698. The van der Waals surface area contributed by atoms with Gasteiger partial charge in [-0.1, -0.05) is 30.3 Å². The van der Waals surface area contributed by atoms with Crippen molar-refractivity contribution < 1.29 is 19.1 Å². The number of carbonyl (C=O) groups is 2. The first kappa shape index (κ1) is 25.2. The fourth-order valence-corrected chi connectivity index (χ4v) is 3.46. The van der Waals surface area contributed by atoms with Crippen LogP contribution in [0.5, 0.6) is 11.5 Å². The number of hydrogen-bond acceptors (Lipinski definition) is 4. The van der Waals surface area contributed by atoms with Gasteiger partial charge in [0.2, 0.25) is 11.8 Å². The molecule has 2 aromatic carbocycles. The van der Waals surface area contributed by atoms with Crippen LogP contribution >= 0.6 is 0 Å². The van der Waals surface area contributed by atoms with Gasteiger partial charge < -0.3 is 19.7 Å². The Bertz CT molecular complexity index is 934. The molecular formula is C26H36N2O4. The van der Waals surface area contributed by atoms with E-state index in [0.29, 0.717) is 24.5 Å². The Hall–Kier alpha value is -3.02. The van der Waals surface area contributed by atoms with Crippen molar-refractivity contribution >= 4 is 11.8 Å². The lowest BCUT2D eigenvalue weighted by atomic mass is 10.0. The van der Waals surface area contributed by atoms with Crippen molar-refractivity contribution in [3.63, 3.8) is 0 Å². The first-order chi connectivity index (χ1) is 15.1. The molecule has 1 atom stereocenters. The summed E-state index contributed by atoms with van der Waals surface area (Å²) in [6.07, 6.45) is 0.825. The molecule has 0 saturated carbocycles. The van der Waals surface area contributed by atoms with E-state index in [4.69, 9.17) is 9.47 Å². The standard InChI is InChI=1S/C26H36N2O4/c1-18-10-8-9-11-21(18)17-28(19(2)25(30)27-26(3,4)5)24(29)15-13-20-12-14-22(31-6)23(16-20)32-7/h8-12,14,16,19H,13,15,17H2,1-7H3,(H,27,30)/t19-/m1/s1. The van der Waals surface area contributed by atoms with Gasteiger partial charge in [-0.25, -0.2) is 0 Å². The molecule has 0 spiro atoms. The number of carbonyl (C=O) groups excluding carboxylic acids is 2. The number of hydrogen-bond donors (Lipinski definition) is 1. The zero-order chi connectivity index (χ0) is 23.9. The molecule has 2 aromatic rings. The number of aryl methyl sites for hydroxylation is 2. The van der Waals surface area contributed by atoms with Gasteiger partial charge in [-0.2, -0.15) is 0 Å². The van der Waals surface area contributed by atoms with Gasteiger partial charge in [-0.05, 0) is 69.9 Å². The normalized spacial score (nSPS) is 12.1. The number of ether oxygens (including phenoxy) is 2. The number of benzene rings is 2. The van der Waals surface area contributed by atoms with E-state index in [9.17, 15) is 9.59 Å². The molecular weight excluding hydrogens is 404 g/mol. The average Bonchev–Trinajstić information content (AvgIpc) is 2.75. The van der Waals surface area contributed by atoms with Gasteiger partial charge in [0.1, 0.15) is 6.04 Å². The van der Waals surface area contributed by atoms with Crippen LogP contribution in [-0.2, 0) is 22.6 Å². The maximum absolute atomic E-state index is 13.3. The molecule has 174 valence electrons. The SMILES string of the molecule is COc1ccc(CCC(=O)N(Cc2ccccc2C)[C@H](C)C(=O)NC(C)(C)C)cc1OC. The summed E-state index contributed by atoms with van der Waals surface area (Å²) in [5, 5.41) is 2.99. The second-order valence-corrected chi connectivity index (χ2v) is 9.05. The Morgan fingerprint density at radius 2 is 1.69 bits per heavy atom. The molecule has 2 rings (SSSR count). The highest BCUT2D eigenvalue weighted by molar-refractivity contribution is 5.87. The third kappa shape index (κ3) is 7.01. The van der Waals surface area contributed by atoms with Crippen LogP contribution in [0, 0.1) is 6.92 Å². The molecule has 32 heavy (non-hydrogen) atoms. The van der Waals surface area contributed by atoms with Crippen LogP contribution in [0.3, 0.4) is 0 Å². The van der Waals surface area contributed by atoms with E-state index in [1.54, 1.807) is 26.0 Å². The van der Waals surface area contributed by atoms with Gasteiger partial charge in [-0.15, -0.1) is 0 Å². The third-order valence-corrected chi connectivity index (χ3v) is 5.34. The number of methoxy groups -OCH3 is 2. The summed E-state index contributed by atoms with van der Waals surface area (Å²) in [6.45, 7) is 9.98. The van der Waals surface area contributed by atoms with E-state index in [1.165, 1.54) is 0 Å². The van der Waals surface area contributed by atoms with Crippen molar-refractivity contribution in [2.45, 2.75) is 65.6 Å². The minimum Gasteiger partial charge on any atom is -0.493 e. The summed E-state index contributed by atoms with van der Waals surface area (Å²) in [5.74, 6) is 1.05. The predicted molar refractivity (Wildman–Crippen MR) is 127 cm³/mol.